The number of hydrogen-bond acceptors (Lipinski definition) is 2. The van der Waals surface area contributed by atoms with Gasteiger partial charge in [-0.3, -0.25) is 0 Å². The molecule has 1 aromatic rings. The Hall–Kier alpha value is -1.02. The molecule has 2 N–H and O–H groups in total. The number of nitrogens with one attached hydrogen (secondary N) is 1. The third kappa shape index (κ3) is 1.77. The van der Waals surface area contributed by atoms with E-state index >= 15 is 0 Å². The van der Waals surface area contributed by atoms with Crippen LogP contribution in [-0.2, 0) is 6.54 Å². The smallest absolute Gasteiger partial charge is 0.121 e. The SMILES string of the molecule is CNCc1cc(C)c(O)c(C)c1. The minimum atomic E-state index is 0.412. The van der Waals surface area contributed by atoms with Gasteiger partial charge in [0.2, 0.25) is 0 Å². The van der Waals surface area contributed by atoms with Crippen molar-refractivity contribution in [3.05, 3.63) is 28.8 Å². The molecule has 66 valence electrons. The maximum Gasteiger partial charge on any atom is 0.121 e. The molecule has 0 aliphatic heterocycles. The van der Waals surface area contributed by atoms with Crippen molar-refractivity contribution in [3.63, 3.8) is 0 Å². The van der Waals surface area contributed by atoms with Crippen molar-refractivity contribution >= 4 is 0 Å². The van der Waals surface area contributed by atoms with Crippen LogP contribution in [0.25, 0.3) is 0 Å². The third-order valence-electron chi connectivity index (χ3n) is 1.93. The molecule has 0 aliphatic carbocycles. The monoisotopic (exact) mass is 165 g/mol. The summed E-state index contributed by atoms with van der Waals surface area (Å²) in [6.07, 6.45) is 0. The highest BCUT2D eigenvalue weighted by Crippen LogP contribution is 2.22. The second kappa shape index (κ2) is 3.59. The first-order valence-electron chi connectivity index (χ1n) is 4.09. The lowest BCUT2D eigenvalue weighted by Crippen LogP contribution is -2.05. The highest BCUT2D eigenvalue weighted by Gasteiger charge is 2.01. The van der Waals surface area contributed by atoms with Gasteiger partial charge < -0.3 is 10.4 Å². The summed E-state index contributed by atoms with van der Waals surface area (Å²) in [6, 6.07) is 4.00. The summed E-state index contributed by atoms with van der Waals surface area (Å²) < 4.78 is 0. The fourth-order valence-corrected chi connectivity index (χ4v) is 1.35. The van der Waals surface area contributed by atoms with E-state index in [9.17, 15) is 5.11 Å². The van der Waals surface area contributed by atoms with Gasteiger partial charge >= 0.3 is 0 Å². The average molecular weight is 165 g/mol. The molecule has 2 heteroatoms. The van der Waals surface area contributed by atoms with Crippen molar-refractivity contribution in [3.8, 4) is 5.75 Å². The van der Waals surface area contributed by atoms with Crippen LogP contribution in [0, 0.1) is 13.8 Å². The lowest BCUT2D eigenvalue weighted by atomic mass is 10.1. The molecule has 0 fully saturated rings. The van der Waals surface area contributed by atoms with E-state index < -0.39 is 0 Å². The summed E-state index contributed by atoms with van der Waals surface area (Å²) in [5.74, 6) is 0.412. The van der Waals surface area contributed by atoms with Crippen LogP contribution in [-0.4, -0.2) is 12.2 Å². The molecule has 0 spiro atoms. The van der Waals surface area contributed by atoms with E-state index in [-0.39, 0.29) is 0 Å². The topological polar surface area (TPSA) is 32.3 Å². The van der Waals surface area contributed by atoms with Crippen LogP contribution < -0.4 is 5.32 Å². The Morgan fingerprint density at radius 1 is 1.25 bits per heavy atom. The lowest BCUT2D eigenvalue weighted by molar-refractivity contribution is 0.466. The minimum absolute atomic E-state index is 0.412. The second-order valence-corrected chi connectivity index (χ2v) is 3.11. The van der Waals surface area contributed by atoms with Crippen molar-refractivity contribution in [1.82, 2.24) is 5.32 Å². The Kier molecular flexibility index (Phi) is 2.71. The van der Waals surface area contributed by atoms with Gasteiger partial charge in [0.15, 0.2) is 0 Å². The van der Waals surface area contributed by atoms with Crippen LogP contribution in [0.15, 0.2) is 12.1 Å². The summed E-state index contributed by atoms with van der Waals surface area (Å²) >= 11 is 0. The molecular weight excluding hydrogens is 150 g/mol. The van der Waals surface area contributed by atoms with E-state index in [4.69, 9.17) is 0 Å². The molecule has 0 atom stereocenters. The predicted molar refractivity (Wildman–Crippen MR) is 50.3 cm³/mol. The zero-order chi connectivity index (χ0) is 9.14. The zero-order valence-corrected chi connectivity index (χ0v) is 7.81. The number of aromatic hydroxyl groups is 1. The molecular formula is C10H15NO. The van der Waals surface area contributed by atoms with Crippen molar-refractivity contribution < 1.29 is 5.11 Å². The Morgan fingerprint density at radius 2 is 1.75 bits per heavy atom. The van der Waals surface area contributed by atoms with Crippen LogP contribution in [0.5, 0.6) is 5.75 Å². The number of aryl methyl sites for hydroxylation is 2. The first-order chi connectivity index (χ1) is 5.65. The quantitative estimate of drug-likeness (QED) is 0.699. The molecule has 0 saturated heterocycles. The van der Waals surface area contributed by atoms with E-state index in [1.165, 1.54) is 5.56 Å². The first-order valence-corrected chi connectivity index (χ1v) is 4.09. The van der Waals surface area contributed by atoms with Crippen LogP contribution >= 0.6 is 0 Å². The van der Waals surface area contributed by atoms with Crippen LogP contribution in [0.3, 0.4) is 0 Å². The largest absolute Gasteiger partial charge is 0.507 e. The highest BCUT2D eigenvalue weighted by atomic mass is 16.3. The Labute approximate surface area is 73.2 Å². The van der Waals surface area contributed by atoms with Gasteiger partial charge in [0, 0.05) is 6.54 Å². The Balaban J connectivity index is 3.04. The summed E-state index contributed by atoms with van der Waals surface area (Å²) in [4.78, 5) is 0. The van der Waals surface area contributed by atoms with Crippen molar-refractivity contribution in [2.75, 3.05) is 7.05 Å². The van der Waals surface area contributed by atoms with E-state index in [0.717, 1.165) is 17.7 Å². The molecule has 0 aliphatic rings. The summed E-state index contributed by atoms with van der Waals surface area (Å²) in [5, 5.41) is 12.6. The van der Waals surface area contributed by atoms with Gasteiger partial charge in [0.25, 0.3) is 0 Å². The molecule has 0 saturated carbocycles. The van der Waals surface area contributed by atoms with Crippen molar-refractivity contribution in [2.24, 2.45) is 0 Å². The minimum Gasteiger partial charge on any atom is -0.507 e. The van der Waals surface area contributed by atoms with Crippen molar-refractivity contribution in [1.29, 1.82) is 0 Å². The van der Waals surface area contributed by atoms with Crippen LogP contribution in [0.1, 0.15) is 16.7 Å². The number of rotatable bonds is 2. The van der Waals surface area contributed by atoms with Gasteiger partial charge in [-0.15, -0.1) is 0 Å². The Morgan fingerprint density at radius 3 is 2.17 bits per heavy atom. The normalized spacial score (nSPS) is 10.2. The molecule has 1 aromatic carbocycles. The molecule has 0 amide bonds. The number of phenols is 1. The molecule has 0 aromatic heterocycles. The number of benzene rings is 1. The molecule has 0 radical (unpaired) electrons. The standard InChI is InChI=1S/C10H15NO/c1-7-4-9(6-11-3)5-8(2)10(7)12/h4-5,11-12H,6H2,1-3H3. The predicted octanol–water partition coefficient (Wildman–Crippen LogP) is 1.73. The zero-order valence-electron chi connectivity index (χ0n) is 7.81. The average Bonchev–Trinajstić information content (AvgIpc) is 2.01. The summed E-state index contributed by atoms with van der Waals surface area (Å²) in [6.45, 7) is 4.69. The second-order valence-electron chi connectivity index (χ2n) is 3.11. The fraction of sp³-hybridized carbons (Fsp3) is 0.400. The molecule has 2 nitrogen and oxygen atoms in total. The first kappa shape index (κ1) is 9.07. The molecule has 1 rings (SSSR count). The third-order valence-corrected chi connectivity index (χ3v) is 1.93. The molecule has 0 unspecified atom stereocenters. The van der Waals surface area contributed by atoms with Gasteiger partial charge in [-0.25, -0.2) is 0 Å². The maximum atomic E-state index is 9.48. The van der Waals surface area contributed by atoms with Gasteiger partial charge in [0.05, 0.1) is 0 Å². The summed E-state index contributed by atoms with van der Waals surface area (Å²) in [5.41, 5.74) is 3.10. The number of phenolic OH excluding ortho intramolecular Hbond substituents is 1. The van der Waals surface area contributed by atoms with Crippen LogP contribution in [0.2, 0.25) is 0 Å². The maximum absolute atomic E-state index is 9.48. The van der Waals surface area contributed by atoms with Gasteiger partial charge in [-0.05, 0) is 37.6 Å². The molecule has 12 heavy (non-hydrogen) atoms. The lowest BCUT2D eigenvalue weighted by Gasteiger charge is -2.06. The summed E-state index contributed by atoms with van der Waals surface area (Å²) in [7, 11) is 1.91. The van der Waals surface area contributed by atoms with Gasteiger partial charge in [-0.1, -0.05) is 12.1 Å². The Bertz CT molecular complexity index is 258. The van der Waals surface area contributed by atoms with E-state index in [0.29, 0.717) is 5.75 Å². The fourth-order valence-electron chi connectivity index (χ4n) is 1.35. The highest BCUT2D eigenvalue weighted by molar-refractivity contribution is 5.42. The van der Waals surface area contributed by atoms with Crippen LogP contribution in [0.4, 0.5) is 0 Å². The molecule has 0 heterocycles. The van der Waals surface area contributed by atoms with E-state index in [1.54, 1.807) is 0 Å². The van der Waals surface area contributed by atoms with Gasteiger partial charge in [-0.2, -0.15) is 0 Å². The van der Waals surface area contributed by atoms with E-state index in [1.807, 2.05) is 33.0 Å². The van der Waals surface area contributed by atoms with E-state index in [2.05, 4.69) is 5.32 Å². The van der Waals surface area contributed by atoms with Crippen molar-refractivity contribution in [2.45, 2.75) is 20.4 Å². The van der Waals surface area contributed by atoms with Gasteiger partial charge in [0.1, 0.15) is 5.75 Å². The number of hydrogen-bond donors (Lipinski definition) is 2. The molecule has 0 bridgehead atoms.